The summed E-state index contributed by atoms with van der Waals surface area (Å²) >= 11 is 13.9. The predicted octanol–water partition coefficient (Wildman–Crippen LogP) is 13.9. The SMILES string of the molecule is CCC1=CC2=C(C=CC=CC2c2ccc(C(C)(C)C)c(Cl)c2)C1[Si](C)C1C(CC)=CC2=C1C=CC=CC2c1ccc(C(C)(C)C)c(Cl)c1. The van der Waals surface area contributed by atoms with Crippen molar-refractivity contribution in [1.82, 2.24) is 0 Å². The van der Waals surface area contributed by atoms with Gasteiger partial charge in [-0.3, -0.25) is 0 Å². The van der Waals surface area contributed by atoms with Gasteiger partial charge >= 0.3 is 0 Å². The van der Waals surface area contributed by atoms with Crippen LogP contribution in [0, 0.1) is 0 Å². The van der Waals surface area contributed by atoms with Gasteiger partial charge < -0.3 is 0 Å². The summed E-state index contributed by atoms with van der Waals surface area (Å²) in [5.41, 5.74) is 15.0. The summed E-state index contributed by atoms with van der Waals surface area (Å²) < 4.78 is 0. The van der Waals surface area contributed by atoms with E-state index in [1.165, 1.54) is 44.5 Å². The maximum absolute atomic E-state index is 6.94. The minimum absolute atomic E-state index is 0.0105. The Morgan fingerprint density at radius 3 is 1.31 bits per heavy atom. The number of allylic oxidation sites excluding steroid dienone is 16. The molecule has 48 heavy (non-hydrogen) atoms. The largest absolute Gasteiger partial charge is 0.0840 e. The molecule has 0 fully saturated rings. The van der Waals surface area contributed by atoms with Gasteiger partial charge in [-0.1, -0.05) is 181 Å². The Morgan fingerprint density at radius 1 is 0.583 bits per heavy atom. The molecule has 0 aliphatic heterocycles. The van der Waals surface area contributed by atoms with Crippen LogP contribution in [0.15, 0.2) is 131 Å². The van der Waals surface area contributed by atoms with E-state index in [0.717, 1.165) is 22.9 Å². The summed E-state index contributed by atoms with van der Waals surface area (Å²) in [6, 6.07) is 13.5. The summed E-state index contributed by atoms with van der Waals surface area (Å²) in [7, 11) is -0.974. The van der Waals surface area contributed by atoms with Crippen molar-refractivity contribution in [3.8, 4) is 0 Å². The van der Waals surface area contributed by atoms with Crippen LogP contribution in [0.2, 0.25) is 27.7 Å². The van der Waals surface area contributed by atoms with E-state index in [1.54, 1.807) is 11.1 Å². The molecule has 1 radical (unpaired) electrons. The molecular weight excluding hydrogens is 639 g/mol. The van der Waals surface area contributed by atoms with E-state index < -0.39 is 8.80 Å². The molecule has 0 aromatic heterocycles. The number of halogens is 2. The lowest BCUT2D eigenvalue weighted by Crippen LogP contribution is -2.26. The molecule has 3 heteroatoms. The Balaban J connectivity index is 1.40. The third-order valence-corrected chi connectivity index (χ3v) is 14.6. The van der Waals surface area contributed by atoms with Crippen molar-refractivity contribution in [3.63, 3.8) is 0 Å². The number of hydrogen-bond donors (Lipinski definition) is 0. The first-order valence-corrected chi connectivity index (χ1v) is 20.7. The van der Waals surface area contributed by atoms with Crippen LogP contribution >= 0.6 is 23.2 Å². The van der Waals surface area contributed by atoms with Crippen molar-refractivity contribution in [2.45, 2.75) is 109 Å². The first kappa shape index (κ1) is 35.0. The molecule has 0 nitrogen and oxygen atoms in total. The van der Waals surface area contributed by atoms with Crippen LogP contribution in [0.1, 0.15) is 102 Å². The van der Waals surface area contributed by atoms with E-state index >= 15 is 0 Å². The first-order chi connectivity index (χ1) is 22.7. The lowest BCUT2D eigenvalue weighted by atomic mass is 9.84. The molecule has 0 bridgehead atoms. The van der Waals surface area contributed by atoms with Crippen molar-refractivity contribution in [1.29, 1.82) is 0 Å². The quantitative estimate of drug-likeness (QED) is 0.265. The van der Waals surface area contributed by atoms with Gasteiger partial charge in [0.2, 0.25) is 0 Å². The van der Waals surface area contributed by atoms with Gasteiger partial charge in [0.05, 0.1) is 8.80 Å². The van der Waals surface area contributed by atoms with Crippen molar-refractivity contribution in [2.24, 2.45) is 0 Å². The van der Waals surface area contributed by atoms with Gasteiger partial charge in [-0.15, -0.1) is 0 Å². The average molecular weight is 691 g/mol. The third-order valence-electron chi connectivity index (χ3n) is 10.8. The molecule has 0 heterocycles. The zero-order valence-corrected chi connectivity index (χ0v) is 32.7. The fourth-order valence-corrected chi connectivity index (χ4v) is 12.9. The maximum Gasteiger partial charge on any atom is 0.0717 e. The highest BCUT2D eigenvalue weighted by Gasteiger charge is 2.42. The molecule has 0 saturated heterocycles. The predicted molar refractivity (Wildman–Crippen MR) is 212 cm³/mol. The van der Waals surface area contributed by atoms with Crippen LogP contribution in [0.3, 0.4) is 0 Å². The van der Waals surface area contributed by atoms with Crippen molar-refractivity contribution in [2.75, 3.05) is 0 Å². The molecule has 0 amide bonds. The Bertz CT molecular complexity index is 1720. The van der Waals surface area contributed by atoms with Gasteiger partial charge in [0.1, 0.15) is 0 Å². The summed E-state index contributed by atoms with van der Waals surface area (Å²) in [5, 5.41) is 1.73. The molecule has 0 spiro atoms. The molecule has 249 valence electrons. The van der Waals surface area contributed by atoms with E-state index in [0.29, 0.717) is 11.1 Å². The monoisotopic (exact) mass is 689 g/mol. The third kappa shape index (κ3) is 6.44. The Hall–Kier alpha value is -2.84. The molecule has 0 N–H and O–H groups in total. The van der Waals surface area contributed by atoms with Gasteiger partial charge in [0.15, 0.2) is 0 Å². The molecule has 6 rings (SSSR count). The van der Waals surface area contributed by atoms with E-state index in [4.69, 9.17) is 23.2 Å². The second-order valence-electron chi connectivity index (χ2n) is 16.0. The Labute approximate surface area is 302 Å². The van der Waals surface area contributed by atoms with E-state index in [9.17, 15) is 0 Å². The second-order valence-corrected chi connectivity index (χ2v) is 19.5. The fraction of sp³-hybridized carbons (Fsp3) is 0.378. The van der Waals surface area contributed by atoms with Gasteiger partial charge in [0, 0.05) is 21.9 Å². The topological polar surface area (TPSA) is 0 Å². The number of hydrogen-bond acceptors (Lipinski definition) is 0. The minimum Gasteiger partial charge on any atom is -0.0840 e. The summed E-state index contributed by atoms with van der Waals surface area (Å²) in [6.45, 7) is 20.7. The van der Waals surface area contributed by atoms with Crippen LogP contribution in [0.4, 0.5) is 0 Å². The zero-order valence-electron chi connectivity index (χ0n) is 30.2. The number of benzene rings is 2. The van der Waals surface area contributed by atoms with Gasteiger partial charge in [0.25, 0.3) is 0 Å². The summed E-state index contributed by atoms with van der Waals surface area (Å²) in [5.74, 6) is 0.379. The van der Waals surface area contributed by atoms with E-state index in [1.807, 2.05) is 0 Å². The van der Waals surface area contributed by atoms with Crippen molar-refractivity contribution >= 4 is 32.0 Å². The van der Waals surface area contributed by atoms with Crippen LogP contribution in [0.25, 0.3) is 0 Å². The molecule has 4 unspecified atom stereocenters. The Morgan fingerprint density at radius 2 is 0.979 bits per heavy atom. The second kappa shape index (κ2) is 13.5. The first-order valence-electron chi connectivity index (χ1n) is 17.8. The van der Waals surface area contributed by atoms with Gasteiger partial charge in [-0.2, -0.15) is 0 Å². The number of rotatable bonds is 6. The lowest BCUT2D eigenvalue weighted by Gasteiger charge is -2.31. The van der Waals surface area contributed by atoms with Gasteiger partial charge in [-0.25, -0.2) is 0 Å². The molecule has 0 saturated carbocycles. The average Bonchev–Trinajstić information content (AvgIpc) is 3.40. The maximum atomic E-state index is 6.94. The van der Waals surface area contributed by atoms with Crippen LogP contribution in [-0.2, 0) is 10.8 Å². The van der Waals surface area contributed by atoms with Crippen molar-refractivity contribution in [3.05, 3.63) is 163 Å². The van der Waals surface area contributed by atoms with Crippen molar-refractivity contribution < 1.29 is 0 Å². The molecule has 4 atom stereocenters. The summed E-state index contributed by atoms with van der Waals surface area (Å²) in [4.78, 5) is 0. The zero-order chi connectivity index (χ0) is 34.5. The minimum atomic E-state index is -0.974. The molecule has 4 aliphatic carbocycles. The van der Waals surface area contributed by atoms with E-state index in [2.05, 4.69) is 159 Å². The smallest absolute Gasteiger partial charge is 0.0717 e. The fourth-order valence-electron chi connectivity index (χ4n) is 8.37. The highest BCUT2D eigenvalue weighted by Crippen LogP contribution is 2.55. The normalized spacial score (nSPS) is 23.8. The summed E-state index contributed by atoms with van der Waals surface area (Å²) in [6.07, 6.45) is 25.8. The molecule has 2 aromatic carbocycles. The standard InChI is InChI=1S/C45H51Cl2Si/c1-10-28-24-36-32(30-20-22-38(40(46)26-30)44(3,4)5)16-12-14-18-34(36)42(28)48(9)43-29(11-2)25-37-33(17-13-15-19-35(37)43)31-21-23-39(41(47)27-31)45(6,7)8/h12-27,32-33,42-43H,10-11H2,1-9H3. The van der Waals surface area contributed by atoms with Gasteiger partial charge in [-0.05, 0) is 91.4 Å². The lowest BCUT2D eigenvalue weighted by molar-refractivity contribution is 0.590. The van der Waals surface area contributed by atoms with Crippen LogP contribution in [0.5, 0.6) is 0 Å². The van der Waals surface area contributed by atoms with Crippen LogP contribution < -0.4 is 0 Å². The molecular formula is C45H51Cl2Si. The van der Waals surface area contributed by atoms with Crippen LogP contribution in [-0.4, -0.2) is 8.80 Å². The molecule has 4 aliphatic rings. The van der Waals surface area contributed by atoms with E-state index in [-0.39, 0.29) is 22.7 Å². The Kier molecular flexibility index (Phi) is 9.82. The highest BCUT2D eigenvalue weighted by molar-refractivity contribution is 6.64. The molecule has 2 aromatic rings. The highest BCUT2D eigenvalue weighted by atomic mass is 35.5.